The molecule has 0 unspecified atom stereocenters. The third-order valence-corrected chi connectivity index (χ3v) is 3.11. The molecular weight excluding hydrogens is 268 g/mol. The summed E-state index contributed by atoms with van der Waals surface area (Å²) in [4.78, 5) is 12.0. The highest BCUT2D eigenvalue weighted by atomic mass is 16.5. The van der Waals surface area contributed by atoms with Gasteiger partial charge in [0.1, 0.15) is 23.7 Å². The molecule has 0 spiro atoms. The molecule has 1 aromatic carbocycles. The van der Waals surface area contributed by atoms with Gasteiger partial charge in [-0.2, -0.15) is 0 Å². The largest absolute Gasteiger partial charge is 0.492 e. The molecule has 0 aliphatic rings. The van der Waals surface area contributed by atoms with Crippen LogP contribution in [0.25, 0.3) is 0 Å². The molecule has 2 rings (SSSR count). The summed E-state index contributed by atoms with van der Waals surface area (Å²) in [6.45, 7) is 8.37. The fourth-order valence-corrected chi connectivity index (χ4v) is 2.25. The van der Waals surface area contributed by atoms with Crippen molar-refractivity contribution in [1.82, 2.24) is 10.5 Å². The number of aryl methyl sites for hydroxylation is 4. The van der Waals surface area contributed by atoms with E-state index in [-0.39, 0.29) is 5.91 Å². The second kappa shape index (κ2) is 6.43. The smallest absolute Gasteiger partial charge is 0.256 e. The Morgan fingerprint density at radius 3 is 2.43 bits per heavy atom. The maximum atomic E-state index is 12.0. The van der Waals surface area contributed by atoms with E-state index in [1.165, 1.54) is 0 Å². The van der Waals surface area contributed by atoms with Crippen LogP contribution in [0.5, 0.6) is 5.75 Å². The van der Waals surface area contributed by atoms with Crippen molar-refractivity contribution >= 4 is 5.91 Å². The van der Waals surface area contributed by atoms with E-state index in [2.05, 4.69) is 16.5 Å². The van der Waals surface area contributed by atoms with Crippen molar-refractivity contribution in [2.45, 2.75) is 27.7 Å². The quantitative estimate of drug-likeness (QED) is 0.859. The Hall–Kier alpha value is -2.30. The standard InChI is InChI=1S/C16H20N2O3/c1-10-7-11(2)9-14(8-10)20-6-5-17-16(19)15-12(3)18-21-13(15)4/h7-9H,5-6H2,1-4H3,(H,17,19). The average molecular weight is 288 g/mol. The van der Waals surface area contributed by atoms with Crippen LogP contribution < -0.4 is 10.1 Å². The minimum Gasteiger partial charge on any atom is -0.492 e. The van der Waals surface area contributed by atoms with E-state index in [1.807, 2.05) is 26.0 Å². The summed E-state index contributed by atoms with van der Waals surface area (Å²) in [6.07, 6.45) is 0. The maximum absolute atomic E-state index is 12.0. The Morgan fingerprint density at radius 2 is 1.86 bits per heavy atom. The van der Waals surface area contributed by atoms with Crippen LogP contribution in [-0.4, -0.2) is 24.2 Å². The molecular formula is C16H20N2O3. The second-order valence-corrected chi connectivity index (χ2v) is 5.13. The minimum absolute atomic E-state index is 0.185. The number of hydrogen-bond acceptors (Lipinski definition) is 4. The van der Waals surface area contributed by atoms with Gasteiger partial charge >= 0.3 is 0 Å². The van der Waals surface area contributed by atoms with Crippen LogP contribution in [0.1, 0.15) is 32.9 Å². The molecule has 0 radical (unpaired) electrons. The molecule has 1 amide bonds. The number of ether oxygens (including phenoxy) is 1. The van der Waals surface area contributed by atoms with Crippen LogP contribution in [-0.2, 0) is 0 Å². The Morgan fingerprint density at radius 1 is 1.19 bits per heavy atom. The highest BCUT2D eigenvalue weighted by molar-refractivity contribution is 5.96. The van der Waals surface area contributed by atoms with Gasteiger partial charge in [0.25, 0.3) is 5.91 Å². The molecule has 0 bridgehead atoms. The van der Waals surface area contributed by atoms with Crippen LogP contribution in [0.3, 0.4) is 0 Å². The van der Waals surface area contributed by atoms with Gasteiger partial charge in [-0.25, -0.2) is 0 Å². The zero-order valence-electron chi connectivity index (χ0n) is 12.8. The van der Waals surface area contributed by atoms with Gasteiger partial charge < -0.3 is 14.6 Å². The van der Waals surface area contributed by atoms with Crippen molar-refractivity contribution in [3.8, 4) is 5.75 Å². The molecule has 5 heteroatoms. The first-order valence-electron chi connectivity index (χ1n) is 6.89. The molecule has 0 aliphatic carbocycles. The lowest BCUT2D eigenvalue weighted by atomic mass is 10.1. The molecule has 1 heterocycles. The van der Waals surface area contributed by atoms with Crippen molar-refractivity contribution in [2.24, 2.45) is 0 Å². The molecule has 0 saturated carbocycles. The van der Waals surface area contributed by atoms with Crippen molar-refractivity contribution in [2.75, 3.05) is 13.2 Å². The molecule has 21 heavy (non-hydrogen) atoms. The van der Waals surface area contributed by atoms with Crippen molar-refractivity contribution in [3.63, 3.8) is 0 Å². The predicted molar refractivity (Wildman–Crippen MR) is 79.7 cm³/mol. The molecule has 0 fully saturated rings. The SMILES string of the molecule is Cc1cc(C)cc(OCCNC(=O)c2c(C)noc2C)c1. The first kappa shape index (κ1) is 15.1. The first-order chi connectivity index (χ1) is 9.97. The van der Waals surface area contributed by atoms with Crippen molar-refractivity contribution in [1.29, 1.82) is 0 Å². The van der Waals surface area contributed by atoms with Crippen LogP contribution >= 0.6 is 0 Å². The topological polar surface area (TPSA) is 64.4 Å². The summed E-state index contributed by atoms with van der Waals surface area (Å²) < 4.78 is 10.6. The van der Waals surface area contributed by atoms with Gasteiger partial charge in [-0.05, 0) is 51.0 Å². The van der Waals surface area contributed by atoms with Crippen LogP contribution in [0.15, 0.2) is 22.7 Å². The van der Waals surface area contributed by atoms with E-state index in [9.17, 15) is 4.79 Å². The molecule has 5 nitrogen and oxygen atoms in total. The lowest BCUT2D eigenvalue weighted by molar-refractivity contribution is 0.0945. The maximum Gasteiger partial charge on any atom is 0.256 e. The second-order valence-electron chi connectivity index (χ2n) is 5.13. The third kappa shape index (κ3) is 3.84. The van der Waals surface area contributed by atoms with E-state index >= 15 is 0 Å². The lowest BCUT2D eigenvalue weighted by Gasteiger charge is -2.09. The summed E-state index contributed by atoms with van der Waals surface area (Å²) in [5.74, 6) is 1.16. The number of carbonyl (C=O) groups excluding carboxylic acids is 1. The number of nitrogens with one attached hydrogen (secondary N) is 1. The summed E-state index contributed by atoms with van der Waals surface area (Å²) in [5, 5.41) is 6.57. The van der Waals surface area contributed by atoms with Crippen LogP contribution in [0, 0.1) is 27.7 Å². The van der Waals surface area contributed by atoms with Gasteiger partial charge in [-0.15, -0.1) is 0 Å². The van der Waals surface area contributed by atoms with E-state index < -0.39 is 0 Å². The number of nitrogens with zero attached hydrogens (tertiary/aromatic N) is 1. The first-order valence-corrected chi connectivity index (χ1v) is 6.89. The molecule has 1 aromatic heterocycles. The van der Waals surface area contributed by atoms with Gasteiger partial charge in [0.15, 0.2) is 0 Å². The Balaban J connectivity index is 1.83. The summed E-state index contributed by atoms with van der Waals surface area (Å²) >= 11 is 0. The van der Waals surface area contributed by atoms with E-state index in [0.717, 1.165) is 16.9 Å². The van der Waals surface area contributed by atoms with Gasteiger partial charge in [0.2, 0.25) is 0 Å². The van der Waals surface area contributed by atoms with E-state index in [1.54, 1.807) is 13.8 Å². The zero-order chi connectivity index (χ0) is 15.4. The third-order valence-electron chi connectivity index (χ3n) is 3.11. The summed E-state index contributed by atoms with van der Waals surface area (Å²) in [7, 11) is 0. The fourth-order valence-electron chi connectivity index (χ4n) is 2.25. The number of hydrogen-bond donors (Lipinski definition) is 1. The molecule has 0 atom stereocenters. The normalized spacial score (nSPS) is 10.5. The molecule has 0 aliphatic heterocycles. The summed E-state index contributed by atoms with van der Waals surface area (Å²) in [5.41, 5.74) is 3.41. The zero-order valence-corrected chi connectivity index (χ0v) is 12.8. The Kier molecular flexibility index (Phi) is 4.62. The molecule has 112 valence electrons. The average Bonchev–Trinajstić information content (AvgIpc) is 2.73. The van der Waals surface area contributed by atoms with E-state index in [0.29, 0.717) is 30.2 Å². The van der Waals surface area contributed by atoms with Gasteiger partial charge in [-0.3, -0.25) is 4.79 Å². The minimum atomic E-state index is -0.185. The Labute approximate surface area is 124 Å². The number of aromatic nitrogens is 1. The number of benzene rings is 1. The fraction of sp³-hybridized carbons (Fsp3) is 0.375. The van der Waals surface area contributed by atoms with E-state index in [4.69, 9.17) is 9.26 Å². The van der Waals surface area contributed by atoms with Crippen molar-refractivity contribution in [3.05, 3.63) is 46.3 Å². The van der Waals surface area contributed by atoms with Crippen LogP contribution in [0.4, 0.5) is 0 Å². The Bertz CT molecular complexity index is 607. The summed E-state index contributed by atoms with van der Waals surface area (Å²) in [6, 6.07) is 6.04. The number of rotatable bonds is 5. The number of carbonyl (C=O) groups is 1. The van der Waals surface area contributed by atoms with Gasteiger partial charge in [-0.1, -0.05) is 11.2 Å². The molecule has 0 saturated heterocycles. The highest BCUT2D eigenvalue weighted by Gasteiger charge is 2.16. The van der Waals surface area contributed by atoms with Gasteiger partial charge in [0, 0.05) is 0 Å². The molecule has 2 aromatic rings. The van der Waals surface area contributed by atoms with Gasteiger partial charge in [0.05, 0.1) is 12.2 Å². The lowest BCUT2D eigenvalue weighted by Crippen LogP contribution is -2.28. The highest BCUT2D eigenvalue weighted by Crippen LogP contribution is 2.16. The van der Waals surface area contributed by atoms with Crippen LogP contribution in [0.2, 0.25) is 0 Å². The molecule has 1 N–H and O–H groups in total. The monoisotopic (exact) mass is 288 g/mol. The predicted octanol–water partition coefficient (Wildman–Crippen LogP) is 2.72. The number of amides is 1. The van der Waals surface area contributed by atoms with Crippen molar-refractivity contribution < 1.29 is 14.1 Å².